The van der Waals surface area contributed by atoms with Crippen molar-refractivity contribution in [3.05, 3.63) is 47.0 Å². The molecule has 0 saturated heterocycles. The summed E-state index contributed by atoms with van der Waals surface area (Å²) in [6, 6.07) is 6.00. The van der Waals surface area contributed by atoms with Gasteiger partial charge in [0.05, 0.1) is 0 Å². The lowest BCUT2D eigenvalue weighted by Gasteiger charge is -2.13. The second-order valence-corrected chi connectivity index (χ2v) is 4.67. The van der Waals surface area contributed by atoms with Crippen molar-refractivity contribution < 1.29 is 4.79 Å². The average molecular weight is 278 g/mol. The number of carbonyl (C=O) groups is 1. The molecule has 4 nitrogen and oxygen atoms in total. The van der Waals surface area contributed by atoms with Gasteiger partial charge in [-0.25, -0.2) is 4.98 Å². The molecule has 0 aliphatic rings. The lowest BCUT2D eigenvalue weighted by atomic mass is 10.1. The van der Waals surface area contributed by atoms with E-state index in [1.54, 1.807) is 17.0 Å². The number of nitrogens with one attached hydrogen (secondary N) is 1. The van der Waals surface area contributed by atoms with Gasteiger partial charge in [-0.2, -0.15) is 0 Å². The molecule has 0 aliphatic heterocycles. The minimum absolute atomic E-state index is 0.107. The van der Waals surface area contributed by atoms with E-state index in [1.807, 2.05) is 25.1 Å². The zero-order chi connectivity index (χ0) is 13.8. The Morgan fingerprint density at radius 2 is 2.26 bits per heavy atom. The number of nitrogens with zero attached hydrogens (tertiary/aromatic N) is 2. The van der Waals surface area contributed by atoms with Gasteiger partial charge < -0.3 is 9.88 Å². The molecule has 19 heavy (non-hydrogen) atoms. The van der Waals surface area contributed by atoms with Crippen molar-refractivity contribution in [2.45, 2.75) is 26.8 Å². The molecule has 1 aromatic carbocycles. The van der Waals surface area contributed by atoms with Crippen LogP contribution in [0.5, 0.6) is 0 Å². The van der Waals surface area contributed by atoms with Gasteiger partial charge in [0.2, 0.25) is 11.2 Å². The maximum Gasteiger partial charge on any atom is 0.244 e. The van der Waals surface area contributed by atoms with Crippen molar-refractivity contribution in [1.29, 1.82) is 0 Å². The molecule has 0 saturated carbocycles. The van der Waals surface area contributed by atoms with Gasteiger partial charge >= 0.3 is 0 Å². The van der Waals surface area contributed by atoms with Gasteiger partial charge in [0.25, 0.3) is 0 Å². The molecule has 1 heterocycles. The zero-order valence-corrected chi connectivity index (χ0v) is 11.7. The Morgan fingerprint density at radius 3 is 2.89 bits per heavy atom. The molecule has 0 atom stereocenters. The second kappa shape index (κ2) is 5.89. The van der Waals surface area contributed by atoms with E-state index in [0.717, 1.165) is 23.2 Å². The van der Waals surface area contributed by atoms with Crippen LogP contribution < -0.4 is 5.32 Å². The minimum atomic E-state index is -0.107. The predicted molar refractivity (Wildman–Crippen MR) is 76.4 cm³/mol. The van der Waals surface area contributed by atoms with E-state index in [2.05, 4.69) is 17.2 Å². The number of carbonyl (C=O) groups excluding carboxylic acids is 1. The smallest absolute Gasteiger partial charge is 0.244 e. The van der Waals surface area contributed by atoms with Gasteiger partial charge in [0.1, 0.15) is 6.54 Å². The third-order valence-corrected chi connectivity index (χ3v) is 3.30. The van der Waals surface area contributed by atoms with E-state index >= 15 is 0 Å². The summed E-state index contributed by atoms with van der Waals surface area (Å²) in [5.41, 5.74) is 3.08. The molecule has 1 aromatic heterocycles. The molecule has 100 valence electrons. The number of hydrogen-bond donors (Lipinski definition) is 1. The Bertz CT molecular complexity index is 592. The number of hydrogen-bond acceptors (Lipinski definition) is 2. The zero-order valence-electron chi connectivity index (χ0n) is 11.0. The normalized spacial score (nSPS) is 10.5. The number of imidazole rings is 1. The third kappa shape index (κ3) is 3.15. The van der Waals surface area contributed by atoms with Crippen molar-refractivity contribution in [2.24, 2.45) is 0 Å². The van der Waals surface area contributed by atoms with Crippen molar-refractivity contribution in [2.75, 3.05) is 5.32 Å². The number of benzene rings is 1. The summed E-state index contributed by atoms with van der Waals surface area (Å²) in [5.74, 6) is -0.107. The minimum Gasteiger partial charge on any atom is -0.324 e. The molecule has 1 amide bonds. The Morgan fingerprint density at radius 1 is 1.47 bits per heavy atom. The summed E-state index contributed by atoms with van der Waals surface area (Å²) in [4.78, 5) is 15.9. The number of rotatable bonds is 4. The fourth-order valence-corrected chi connectivity index (χ4v) is 2.14. The van der Waals surface area contributed by atoms with Crippen LogP contribution in [0, 0.1) is 6.92 Å². The molecule has 0 aliphatic carbocycles. The van der Waals surface area contributed by atoms with Crippen LogP contribution in [0.3, 0.4) is 0 Å². The summed E-state index contributed by atoms with van der Waals surface area (Å²) >= 11 is 5.85. The summed E-state index contributed by atoms with van der Waals surface area (Å²) in [6.45, 7) is 4.21. The van der Waals surface area contributed by atoms with E-state index in [-0.39, 0.29) is 12.5 Å². The molecule has 2 aromatic rings. The molecule has 2 rings (SSSR count). The summed E-state index contributed by atoms with van der Waals surface area (Å²) in [5, 5.41) is 3.26. The highest BCUT2D eigenvalue weighted by Gasteiger charge is 2.10. The first-order valence-electron chi connectivity index (χ1n) is 6.16. The van der Waals surface area contributed by atoms with Gasteiger partial charge in [0.15, 0.2) is 0 Å². The maximum absolute atomic E-state index is 12.0. The Balaban J connectivity index is 2.13. The second-order valence-electron chi connectivity index (χ2n) is 4.33. The standard InChI is InChI=1S/C14H16ClN3O/c1-3-11-6-4-5-10(2)13(11)17-12(19)9-18-8-7-16-14(18)15/h4-8H,3,9H2,1-2H3,(H,17,19). The summed E-state index contributed by atoms with van der Waals surface area (Å²) in [7, 11) is 0. The van der Waals surface area contributed by atoms with Crippen LogP contribution in [0.2, 0.25) is 5.28 Å². The Hall–Kier alpha value is -1.81. The Labute approximate surface area is 117 Å². The molecule has 0 unspecified atom stereocenters. The molecule has 0 spiro atoms. The third-order valence-electron chi connectivity index (χ3n) is 2.98. The first-order valence-corrected chi connectivity index (χ1v) is 6.54. The molecule has 0 fully saturated rings. The van der Waals surface area contributed by atoms with E-state index < -0.39 is 0 Å². The SMILES string of the molecule is CCc1cccc(C)c1NC(=O)Cn1ccnc1Cl. The van der Waals surface area contributed by atoms with Crippen molar-refractivity contribution in [1.82, 2.24) is 9.55 Å². The number of halogens is 1. The molecule has 1 N–H and O–H groups in total. The highest BCUT2D eigenvalue weighted by Crippen LogP contribution is 2.21. The average Bonchev–Trinajstić information content (AvgIpc) is 2.77. The van der Waals surface area contributed by atoms with Crippen molar-refractivity contribution >= 4 is 23.2 Å². The first kappa shape index (κ1) is 13.6. The van der Waals surface area contributed by atoms with Crippen LogP contribution in [0.15, 0.2) is 30.6 Å². The molecule has 0 radical (unpaired) electrons. The topological polar surface area (TPSA) is 46.9 Å². The summed E-state index contributed by atoms with van der Waals surface area (Å²) < 4.78 is 1.60. The van der Waals surface area contributed by atoms with Gasteiger partial charge in [-0.05, 0) is 36.1 Å². The lowest BCUT2D eigenvalue weighted by Crippen LogP contribution is -2.19. The fraction of sp³-hybridized carbons (Fsp3) is 0.286. The van der Waals surface area contributed by atoms with Crippen molar-refractivity contribution in [3.8, 4) is 0 Å². The van der Waals surface area contributed by atoms with Crippen LogP contribution in [0.4, 0.5) is 5.69 Å². The fourth-order valence-electron chi connectivity index (χ4n) is 1.96. The molecular weight excluding hydrogens is 262 g/mol. The van der Waals surface area contributed by atoms with Crippen LogP contribution >= 0.6 is 11.6 Å². The quantitative estimate of drug-likeness (QED) is 0.934. The maximum atomic E-state index is 12.0. The number of aryl methyl sites for hydroxylation is 2. The molecule has 5 heteroatoms. The van der Waals surface area contributed by atoms with E-state index in [9.17, 15) is 4.79 Å². The van der Waals surface area contributed by atoms with E-state index in [4.69, 9.17) is 11.6 Å². The van der Waals surface area contributed by atoms with E-state index in [0.29, 0.717) is 5.28 Å². The van der Waals surface area contributed by atoms with Gasteiger partial charge in [-0.15, -0.1) is 0 Å². The van der Waals surface area contributed by atoms with Crippen LogP contribution in [-0.2, 0) is 17.8 Å². The summed E-state index contributed by atoms with van der Waals surface area (Å²) in [6.07, 6.45) is 4.13. The predicted octanol–water partition coefficient (Wildman–Crippen LogP) is 3.05. The largest absolute Gasteiger partial charge is 0.324 e. The number of para-hydroxylation sites is 1. The lowest BCUT2D eigenvalue weighted by molar-refractivity contribution is -0.116. The van der Waals surface area contributed by atoms with Crippen LogP contribution in [-0.4, -0.2) is 15.5 Å². The van der Waals surface area contributed by atoms with Crippen LogP contribution in [0.25, 0.3) is 0 Å². The van der Waals surface area contributed by atoms with Crippen LogP contribution in [0.1, 0.15) is 18.1 Å². The number of aromatic nitrogens is 2. The van der Waals surface area contributed by atoms with E-state index in [1.165, 1.54) is 0 Å². The monoisotopic (exact) mass is 277 g/mol. The van der Waals surface area contributed by atoms with Gasteiger partial charge in [0, 0.05) is 18.1 Å². The van der Waals surface area contributed by atoms with Crippen molar-refractivity contribution in [3.63, 3.8) is 0 Å². The molecular formula is C14H16ClN3O. The van der Waals surface area contributed by atoms with Gasteiger partial charge in [-0.1, -0.05) is 25.1 Å². The number of anilines is 1. The first-order chi connectivity index (χ1) is 9.11. The number of amides is 1. The highest BCUT2D eigenvalue weighted by molar-refractivity contribution is 6.28. The Kier molecular flexibility index (Phi) is 4.22. The molecule has 0 bridgehead atoms. The van der Waals surface area contributed by atoms with Gasteiger partial charge in [-0.3, -0.25) is 4.79 Å². The highest BCUT2D eigenvalue weighted by atomic mass is 35.5.